The summed E-state index contributed by atoms with van der Waals surface area (Å²) in [5, 5.41) is 29.0. The highest BCUT2D eigenvalue weighted by atomic mass is 16.4. The average molecular weight is 295 g/mol. The van der Waals surface area contributed by atoms with Crippen molar-refractivity contribution < 1.29 is 29.7 Å². The van der Waals surface area contributed by atoms with Crippen LogP contribution in [0.4, 0.5) is 0 Å². The molecule has 7 nitrogen and oxygen atoms in total. The third kappa shape index (κ3) is 4.28. The Labute approximate surface area is 121 Å². The summed E-state index contributed by atoms with van der Waals surface area (Å²) in [4.78, 5) is 33.8. The summed E-state index contributed by atoms with van der Waals surface area (Å²) in [6.45, 7) is 1.75. The molecule has 0 aliphatic heterocycles. The molecule has 0 aliphatic carbocycles. The molecule has 3 atom stereocenters. The van der Waals surface area contributed by atoms with Crippen LogP contribution in [0.2, 0.25) is 0 Å². The molecule has 4 N–H and O–H groups in total. The van der Waals surface area contributed by atoms with Gasteiger partial charge in [-0.05, 0) is 12.0 Å². The Morgan fingerprint density at radius 3 is 2.10 bits per heavy atom. The molecule has 0 bridgehead atoms. The maximum atomic E-state index is 12.1. The SMILES string of the molecule is CCC(C(=O)NC(C(=O)O)C(O)C(=O)O)c1ccccc1. The van der Waals surface area contributed by atoms with Crippen molar-refractivity contribution in [3.05, 3.63) is 35.9 Å². The Morgan fingerprint density at radius 2 is 1.67 bits per heavy atom. The van der Waals surface area contributed by atoms with Crippen LogP contribution in [0.5, 0.6) is 0 Å². The molecular weight excluding hydrogens is 278 g/mol. The van der Waals surface area contributed by atoms with Gasteiger partial charge in [0, 0.05) is 0 Å². The maximum Gasteiger partial charge on any atom is 0.335 e. The minimum Gasteiger partial charge on any atom is -0.480 e. The van der Waals surface area contributed by atoms with E-state index in [1.54, 1.807) is 37.3 Å². The van der Waals surface area contributed by atoms with E-state index < -0.39 is 35.9 Å². The van der Waals surface area contributed by atoms with Crippen molar-refractivity contribution in [1.29, 1.82) is 0 Å². The molecule has 1 rings (SSSR count). The predicted molar refractivity (Wildman–Crippen MR) is 72.7 cm³/mol. The van der Waals surface area contributed by atoms with Gasteiger partial charge in [0.2, 0.25) is 5.91 Å². The van der Waals surface area contributed by atoms with Gasteiger partial charge in [-0.1, -0.05) is 37.3 Å². The standard InChI is InChI=1S/C14H17NO6/c1-2-9(8-6-4-3-5-7-8)12(17)15-10(13(18)19)11(16)14(20)21/h3-7,9-11,16H,2H2,1H3,(H,15,17)(H,18,19)(H,20,21). The van der Waals surface area contributed by atoms with Crippen LogP contribution >= 0.6 is 0 Å². The van der Waals surface area contributed by atoms with E-state index in [4.69, 9.17) is 10.2 Å². The molecule has 1 aromatic rings. The fraction of sp³-hybridized carbons (Fsp3) is 0.357. The highest BCUT2D eigenvalue weighted by molar-refractivity contribution is 5.91. The zero-order valence-corrected chi connectivity index (χ0v) is 11.4. The summed E-state index contributed by atoms with van der Waals surface area (Å²) in [6, 6.07) is 6.81. The lowest BCUT2D eigenvalue weighted by molar-refractivity contribution is -0.157. The average Bonchev–Trinajstić information content (AvgIpc) is 2.45. The normalized spacial score (nSPS) is 14.8. The number of aliphatic carboxylic acids is 2. The molecule has 0 aromatic heterocycles. The molecule has 0 spiro atoms. The van der Waals surface area contributed by atoms with E-state index in [-0.39, 0.29) is 0 Å². The Kier molecular flexibility index (Phi) is 5.86. The van der Waals surface area contributed by atoms with Gasteiger partial charge >= 0.3 is 11.9 Å². The Balaban J connectivity index is 2.90. The number of amides is 1. The second-order valence-corrected chi connectivity index (χ2v) is 4.48. The second-order valence-electron chi connectivity index (χ2n) is 4.48. The van der Waals surface area contributed by atoms with Crippen LogP contribution in [-0.4, -0.2) is 45.3 Å². The van der Waals surface area contributed by atoms with Gasteiger partial charge in [0.1, 0.15) is 0 Å². The number of hydrogen-bond acceptors (Lipinski definition) is 4. The van der Waals surface area contributed by atoms with Crippen molar-refractivity contribution in [3.8, 4) is 0 Å². The number of benzene rings is 1. The van der Waals surface area contributed by atoms with Crippen molar-refractivity contribution in [1.82, 2.24) is 5.32 Å². The highest BCUT2D eigenvalue weighted by Gasteiger charge is 2.35. The van der Waals surface area contributed by atoms with Crippen molar-refractivity contribution in [2.75, 3.05) is 0 Å². The molecule has 0 saturated heterocycles. The summed E-state index contributed by atoms with van der Waals surface area (Å²) in [7, 11) is 0. The first kappa shape index (κ1) is 16.6. The number of carbonyl (C=O) groups is 3. The molecule has 1 aromatic carbocycles. The first-order valence-corrected chi connectivity index (χ1v) is 6.37. The van der Waals surface area contributed by atoms with E-state index in [1.165, 1.54) is 0 Å². The van der Waals surface area contributed by atoms with Gasteiger partial charge in [-0.2, -0.15) is 0 Å². The zero-order chi connectivity index (χ0) is 16.0. The number of aliphatic hydroxyl groups excluding tert-OH is 1. The van der Waals surface area contributed by atoms with Crippen molar-refractivity contribution >= 4 is 17.8 Å². The summed E-state index contributed by atoms with van der Waals surface area (Å²) < 4.78 is 0. The molecule has 0 heterocycles. The molecule has 7 heteroatoms. The predicted octanol–water partition coefficient (Wildman–Crippen LogP) is 0.195. The zero-order valence-electron chi connectivity index (χ0n) is 11.4. The number of carbonyl (C=O) groups excluding carboxylic acids is 1. The summed E-state index contributed by atoms with van der Waals surface area (Å²) in [5.74, 6) is -4.58. The molecule has 3 unspecified atom stereocenters. The molecule has 114 valence electrons. The van der Waals surface area contributed by atoms with Gasteiger partial charge in [0.05, 0.1) is 5.92 Å². The van der Waals surface area contributed by atoms with Gasteiger partial charge in [-0.25, -0.2) is 9.59 Å². The third-order valence-corrected chi connectivity index (χ3v) is 3.06. The van der Waals surface area contributed by atoms with Gasteiger partial charge in [0.15, 0.2) is 12.1 Å². The minimum atomic E-state index is -2.21. The number of rotatable bonds is 7. The quantitative estimate of drug-likeness (QED) is 0.569. The van der Waals surface area contributed by atoms with Crippen LogP contribution < -0.4 is 5.32 Å². The van der Waals surface area contributed by atoms with E-state index in [0.29, 0.717) is 12.0 Å². The maximum absolute atomic E-state index is 12.1. The Hall–Kier alpha value is -2.41. The summed E-state index contributed by atoms with van der Waals surface area (Å²) >= 11 is 0. The number of carboxylic acid groups (broad SMARTS) is 2. The lowest BCUT2D eigenvalue weighted by atomic mass is 9.95. The molecule has 21 heavy (non-hydrogen) atoms. The van der Waals surface area contributed by atoms with Crippen LogP contribution in [0.3, 0.4) is 0 Å². The molecular formula is C14H17NO6. The van der Waals surface area contributed by atoms with Crippen LogP contribution in [0.15, 0.2) is 30.3 Å². The van der Waals surface area contributed by atoms with Gasteiger partial charge in [0.25, 0.3) is 0 Å². The summed E-state index contributed by atoms with van der Waals surface area (Å²) in [6.07, 6.45) is -1.80. The van der Waals surface area contributed by atoms with Crippen molar-refractivity contribution in [2.45, 2.75) is 31.4 Å². The second kappa shape index (κ2) is 7.39. The number of nitrogens with one attached hydrogen (secondary N) is 1. The molecule has 1 amide bonds. The molecule has 0 fully saturated rings. The van der Waals surface area contributed by atoms with Crippen LogP contribution in [0.25, 0.3) is 0 Å². The largest absolute Gasteiger partial charge is 0.480 e. The van der Waals surface area contributed by atoms with Crippen LogP contribution in [0, 0.1) is 0 Å². The monoisotopic (exact) mass is 295 g/mol. The van der Waals surface area contributed by atoms with E-state index in [0.717, 1.165) is 0 Å². The first-order valence-electron chi connectivity index (χ1n) is 6.37. The smallest absolute Gasteiger partial charge is 0.335 e. The van der Waals surface area contributed by atoms with Gasteiger partial charge in [-0.15, -0.1) is 0 Å². The lowest BCUT2D eigenvalue weighted by Gasteiger charge is -2.21. The van der Waals surface area contributed by atoms with Gasteiger partial charge < -0.3 is 20.6 Å². The first-order chi connectivity index (χ1) is 9.88. The number of carboxylic acids is 2. The minimum absolute atomic E-state index is 0.408. The number of aliphatic hydroxyl groups is 1. The highest BCUT2D eigenvalue weighted by Crippen LogP contribution is 2.19. The topological polar surface area (TPSA) is 124 Å². The Bertz CT molecular complexity index is 515. The van der Waals surface area contributed by atoms with E-state index in [9.17, 15) is 19.5 Å². The van der Waals surface area contributed by atoms with Crippen LogP contribution in [0.1, 0.15) is 24.8 Å². The van der Waals surface area contributed by atoms with Crippen LogP contribution in [-0.2, 0) is 14.4 Å². The lowest BCUT2D eigenvalue weighted by Crippen LogP contribution is -2.52. The van der Waals surface area contributed by atoms with E-state index in [1.807, 2.05) is 0 Å². The molecule has 0 saturated carbocycles. The fourth-order valence-corrected chi connectivity index (χ4v) is 1.93. The summed E-state index contributed by atoms with van der Waals surface area (Å²) in [5.41, 5.74) is 0.687. The molecule has 0 radical (unpaired) electrons. The number of hydrogen-bond donors (Lipinski definition) is 4. The fourth-order valence-electron chi connectivity index (χ4n) is 1.93. The third-order valence-electron chi connectivity index (χ3n) is 3.06. The Morgan fingerprint density at radius 1 is 1.10 bits per heavy atom. The molecule has 0 aliphatic rings. The van der Waals surface area contributed by atoms with E-state index >= 15 is 0 Å². The van der Waals surface area contributed by atoms with E-state index in [2.05, 4.69) is 5.32 Å². The van der Waals surface area contributed by atoms with Gasteiger partial charge in [-0.3, -0.25) is 4.79 Å². The van der Waals surface area contributed by atoms with Crippen molar-refractivity contribution in [3.63, 3.8) is 0 Å². The van der Waals surface area contributed by atoms with Crippen molar-refractivity contribution in [2.24, 2.45) is 0 Å².